The monoisotopic (exact) mass is 436 g/mol. The van der Waals surface area contributed by atoms with Gasteiger partial charge in [-0.1, -0.05) is 0 Å². The maximum Gasteiger partial charge on any atom is 0.257 e. The Kier molecular flexibility index (Phi) is 5.83. The zero-order valence-corrected chi connectivity index (χ0v) is 18.3. The van der Waals surface area contributed by atoms with Crippen molar-refractivity contribution in [3.05, 3.63) is 47.9 Å². The summed E-state index contributed by atoms with van der Waals surface area (Å²) in [7, 11) is 0. The predicted molar refractivity (Wildman–Crippen MR) is 118 cm³/mol. The Labute approximate surface area is 186 Å². The molecular weight excluding hydrogens is 408 g/mol. The zero-order valence-electron chi connectivity index (χ0n) is 18.3. The second-order valence-electron chi connectivity index (χ2n) is 8.54. The Hall–Kier alpha value is -3.29. The molecule has 32 heavy (non-hydrogen) atoms. The summed E-state index contributed by atoms with van der Waals surface area (Å²) >= 11 is 0. The number of benzene rings is 1. The number of fused-ring (bicyclic) bond motifs is 2. The normalized spacial score (nSPS) is 20.2. The number of nitrogens with one attached hydrogen (secondary N) is 1. The van der Waals surface area contributed by atoms with Crippen molar-refractivity contribution in [3.63, 3.8) is 0 Å². The topological polar surface area (TPSA) is 87.0 Å². The van der Waals surface area contributed by atoms with Gasteiger partial charge >= 0.3 is 0 Å². The first-order valence-electron chi connectivity index (χ1n) is 11.3. The van der Waals surface area contributed by atoms with Crippen molar-refractivity contribution in [2.24, 2.45) is 5.92 Å². The van der Waals surface area contributed by atoms with Gasteiger partial charge in [0.05, 0.1) is 5.69 Å². The lowest BCUT2D eigenvalue weighted by Crippen LogP contribution is -2.34. The Balaban J connectivity index is 1.08. The van der Waals surface area contributed by atoms with Crippen LogP contribution in [0.3, 0.4) is 0 Å². The van der Waals surface area contributed by atoms with Crippen LogP contribution in [0.1, 0.15) is 43.0 Å². The van der Waals surface area contributed by atoms with Crippen LogP contribution in [-0.2, 0) is 4.79 Å². The summed E-state index contributed by atoms with van der Waals surface area (Å²) < 4.78 is 18.7. The van der Waals surface area contributed by atoms with Gasteiger partial charge in [-0.3, -0.25) is 4.79 Å². The van der Waals surface area contributed by atoms with E-state index in [2.05, 4.69) is 21.5 Å². The minimum atomic E-state index is -0.107. The fourth-order valence-corrected chi connectivity index (χ4v) is 4.57. The number of aromatic nitrogens is 3. The van der Waals surface area contributed by atoms with Gasteiger partial charge in [0.15, 0.2) is 23.8 Å². The molecule has 0 radical (unpaired) electrons. The molecule has 1 aliphatic heterocycles. The molecule has 3 aromatic rings. The largest absolute Gasteiger partial charge is 0.486 e. The van der Waals surface area contributed by atoms with Crippen LogP contribution in [0, 0.1) is 12.8 Å². The number of nitrogens with zero attached hydrogens (tertiary/aromatic N) is 3. The Bertz CT molecular complexity index is 1100. The van der Waals surface area contributed by atoms with Crippen LogP contribution >= 0.6 is 0 Å². The van der Waals surface area contributed by atoms with Gasteiger partial charge in [-0.15, -0.1) is 0 Å². The molecule has 0 spiro atoms. The first-order chi connectivity index (χ1) is 15.7. The molecule has 0 bridgehead atoms. The molecule has 1 amide bonds. The van der Waals surface area contributed by atoms with Crippen molar-refractivity contribution in [1.82, 2.24) is 19.9 Å². The lowest BCUT2D eigenvalue weighted by molar-refractivity contribution is -0.123. The number of amides is 1. The molecule has 2 aromatic heterocycles. The van der Waals surface area contributed by atoms with Crippen molar-refractivity contribution < 1.29 is 19.0 Å². The molecule has 1 saturated carbocycles. The van der Waals surface area contributed by atoms with Gasteiger partial charge in [0.1, 0.15) is 19.0 Å². The minimum absolute atomic E-state index is 0.0113. The summed E-state index contributed by atoms with van der Waals surface area (Å²) in [6.45, 7) is 3.74. The highest BCUT2D eigenvalue weighted by molar-refractivity contribution is 5.77. The number of carbonyl (C=O) groups is 1. The van der Waals surface area contributed by atoms with E-state index in [0.717, 1.165) is 37.0 Å². The van der Waals surface area contributed by atoms with Crippen LogP contribution in [0.5, 0.6) is 17.2 Å². The summed E-state index contributed by atoms with van der Waals surface area (Å²) in [5.74, 6) is 2.82. The van der Waals surface area contributed by atoms with E-state index in [1.807, 2.05) is 23.7 Å². The number of aryl methyl sites for hydroxylation is 1. The van der Waals surface area contributed by atoms with E-state index in [4.69, 9.17) is 14.2 Å². The summed E-state index contributed by atoms with van der Waals surface area (Å²) in [5.41, 5.74) is 3.13. The van der Waals surface area contributed by atoms with Crippen molar-refractivity contribution in [1.29, 1.82) is 0 Å². The first kappa shape index (κ1) is 20.6. The van der Waals surface area contributed by atoms with E-state index < -0.39 is 0 Å². The summed E-state index contributed by atoms with van der Waals surface area (Å²) in [6.07, 6.45) is 6.22. The van der Waals surface area contributed by atoms with Crippen LogP contribution in [0.2, 0.25) is 0 Å². The van der Waals surface area contributed by atoms with Crippen molar-refractivity contribution in [3.8, 4) is 17.2 Å². The number of rotatable bonds is 6. The molecule has 168 valence electrons. The third kappa shape index (κ3) is 4.49. The number of hydrogen-bond acceptors (Lipinski definition) is 6. The lowest BCUT2D eigenvalue weighted by atomic mass is 9.80. The molecule has 0 saturated heterocycles. The maximum atomic E-state index is 12.3. The van der Waals surface area contributed by atoms with E-state index in [0.29, 0.717) is 48.8 Å². The Morgan fingerprint density at radius 2 is 1.94 bits per heavy atom. The van der Waals surface area contributed by atoms with Crippen LogP contribution in [-0.4, -0.2) is 46.9 Å². The fraction of sp³-hybridized carbons (Fsp3) is 0.458. The Morgan fingerprint density at radius 1 is 1.12 bits per heavy atom. The average molecular weight is 437 g/mol. The van der Waals surface area contributed by atoms with Crippen LogP contribution < -0.4 is 19.5 Å². The van der Waals surface area contributed by atoms with Gasteiger partial charge in [0, 0.05) is 36.5 Å². The van der Waals surface area contributed by atoms with E-state index >= 15 is 0 Å². The van der Waals surface area contributed by atoms with Crippen molar-refractivity contribution in [2.45, 2.75) is 38.5 Å². The van der Waals surface area contributed by atoms with Gasteiger partial charge in [-0.2, -0.15) is 5.10 Å². The molecule has 3 heterocycles. The van der Waals surface area contributed by atoms with Gasteiger partial charge in [-0.05, 0) is 56.7 Å². The molecule has 2 aliphatic rings. The van der Waals surface area contributed by atoms with Gasteiger partial charge in [0.25, 0.3) is 5.91 Å². The molecule has 1 fully saturated rings. The first-order valence-corrected chi connectivity index (χ1v) is 11.3. The van der Waals surface area contributed by atoms with Crippen LogP contribution in [0.15, 0.2) is 36.5 Å². The SMILES string of the molecule is Cc1cc2nccc(C3CCC(CNC(=O)COc4ccc5c(c4)OCCO5)CC3)n2n1. The van der Waals surface area contributed by atoms with E-state index in [9.17, 15) is 4.79 Å². The Morgan fingerprint density at radius 3 is 2.78 bits per heavy atom. The molecule has 1 aromatic carbocycles. The van der Waals surface area contributed by atoms with Crippen molar-refractivity contribution in [2.75, 3.05) is 26.4 Å². The van der Waals surface area contributed by atoms with E-state index in [1.165, 1.54) is 5.69 Å². The molecule has 0 unspecified atom stereocenters. The molecule has 8 heteroatoms. The zero-order chi connectivity index (χ0) is 21.9. The van der Waals surface area contributed by atoms with Crippen molar-refractivity contribution >= 4 is 11.6 Å². The molecule has 1 N–H and O–H groups in total. The van der Waals surface area contributed by atoms with E-state index in [-0.39, 0.29) is 12.5 Å². The quantitative estimate of drug-likeness (QED) is 0.638. The van der Waals surface area contributed by atoms with Crippen LogP contribution in [0.4, 0.5) is 0 Å². The van der Waals surface area contributed by atoms with Crippen LogP contribution in [0.25, 0.3) is 5.65 Å². The maximum absolute atomic E-state index is 12.3. The number of carbonyl (C=O) groups excluding carboxylic acids is 1. The predicted octanol–water partition coefficient (Wildman–Crippen LogP) is 3.28. The molecule has 0 atom stereocenters. The molecule has 1 aliphatic carbocycles. The van der Waals surface area contributed by atoms with E-state index in [1.54, 1.807) is 18.2 Å². The highest BCUT2D eigenvalue weighted by Gasteiger charge is 2.25. The van der Waals surface area contributed by atoms with Gasteiger partial charge in [0.2, 0.25) is 0 Å². The lowest BCUT2D eigenvalue weighted by Gasteiger charge is -2.29. The number of ether oxygens (including phenoxy) is 3. The summed E-state index contributed by atoms with van der Waals surface area (Å²) in [5, 5.41) is 7.63. The average Bonchev–Trinajstić information content (AvgIpc) is 3.22. The minimum Gasteiger partial charge on any atom is -0.486 e. The van der Waals surface area contributed by atoms with Gasteiger partial charge < -0.3 is 19.5 Å². The third-order valence-corrected chi connectivity index (χ3v) is 6.25. The molecule has 5 rings (SSSR count). The molecular formula is C24H28N4O4. The number of hydrogen-bond donors (Lipinski definition) is 1. The standard InChI is InChI=1S/C24H28N4O4/c1-16-12-23-25-9-8-20(28(23)27-16)18-4-2-17(3-5-18)14-26-24(29)15-32-19-6-7-21-22(13-19)31-11-10-30-21/h6-9,12-13,17-18H,2-5,10-11,14-15H2,1H3,(H,26,29). The fourth-order valence-electron chi connectivity index (χ4n) is 4.57. The second-order valence-corrected chi connectivity index (χ2v) is 8.54. The highest BCUT2D eigenvalue weighted by atomic mass is 16.6. The summed E-state index contributed by atoms with van der Waals surface area (Å²) in [4.78, 5) is 16.7. The third-order valence-electron chi connectivity index (χ3n) is 6.25. The van der Waals surface area contributed by atoms with Gasteiger partial charge in [-0.25, -0.2) is 9.50 Å². The smallest absolute Gasteiger partial charge is 0.257 e. The highest BCUT2D eigenvalue weighted by Crippen LogP contribution is 2.36. The second kappa shape index (κ2) is 9.06. The molecule has 8 nitrogen and oxygen atoms in total. The summed E-state index contributed by atoms with van der Waals surface area (Å²) in [6, 6.07) is 9.46.